The van der Waals surface area contributed by atoms with E-state index in [1.54, 1.807) is 0 Å². The Morgan fingerprint density at radius 2 is 1.67 bits per heavy atom. The van der Waals surface area contributed by atoms with E-state index in [4.69, 9.17) is 0 Å². The average Bonchev–Trinajstić information content (AvgIpc) is 2.62. The molecule has 0 unspecified atom stereocenters. The fourth-order valence-electron chi connectivity index (χ4n) is 2.20. The normalized spacial score (nSPS) is 11.1. The van der Waals surface area contributed by atoms with E-state index in [0.717, 1.165) is 24.5 Å². The smallest absolute Gasteiger partial charge is 0.340 e. The maximum Gasteiger partial charge on any atom is 0.416 e. The Morgan fingerprint density at radius 3 is 2.33 bits per heavy atom. The van der Waals surface area contributed by atoms with Crippen LogP contribution in [0.1, 0.15) is 16.1 Å². The molecule has 138 valence electrons. The molecule has 0 radical (unpaired) electrons. The Labute approximate surface area is 151 Å². The molecule has 3 aromatic rings. The van der Waals surface area contributed by atoms with Gasteiger partial charge >= 0.3 is 6.18 Å². The predicted octanol–water partition coefficient (Wildman–Crippen LogP) is 4.63. The van der Waals surface area contributed by atoms with Crippen molar-refractivity contribution in [1.82, 2.24) is 9.97 Å². The monoisotopic (exact) mass is 376 g/mol. The maximum atomic E-state index is 13.2. The van der Waals surface area contributed by atoms with Crippen LogP contribution in [0.25, 0.3) is 0 Å². The molecule has 0 saturated heterocycles. The Morgan fingerprint density at radius 1 is 0.926 bits per heavy atom. The van der Waals surface area contributed by atoms with Crippen LogP contribution >= 0.6 is 0 Å². The predicted molar refractivity (Wildman–Crippen MR) is 91.1 cm³/mol. The van der Waals surface area contributed by atoms with Crippen LogP contribution < -0.4 is 10.6 Å². The van der Waals surface area contributed by atoms with Gasteiger partial charge in [-0.05, 0) is 42.5 Å². The highest BCUT2D eigenvalue weighted by Gasteiger charge is 2.29. The highest BCUT2D eigenvalue weighted by Crippen LogP contribution is 2.30. The van der Waals surface area contributed by atoms with Crippen LogP contribution in [0.4, 0.5) is 34.8 Å². The molecule has 2 aromatic carbocycles. The first-order chi connectivity index (χ1) is 12.8. The van der Waals surface area contributed by atoms with Crippen molar-refractivity contribution in [2.24, 2.45) is 0 Å². The molecular weight excluding hydrogens is 364 g/mol. The minimum Gasteiger partial charge on any atom is -0.340 e. The van der Waals surface area contributed by atoms with Crippen LogP contribution in [-0.4, -0.2) is 15.9 Å². The number of alkyl halides is 3. The topological polar surface area (TPSA) is 66.9 Å². The first-order valence-electron chi connectivity index (χ1n) is 7.64. The molecule has 5 nitrogen and oxygen atoms in total. The van der Waals surface area contributed by atoms with Crippen molar-refractivity contribution < 1.29 is 22.4 Å². The van der Waals surface area contributed by atoms with Crippen molar-refractivity contribution >= 4 is 23.1 Å². The van der Waals surface area contributed by atoms with Crippen molar-refractivity contribution in [3.05, 3.63) is 78.0 Å². The summed E-state index contributed by atoms with van der Waals surface area (Å²) in [6, 6.07) is 11.0. The summed E-state index contributed by atoms with van der Waals surface area (Å²) in [4.78, 5) is 20.0. The van der Waals surface area contributed by atoms with Gasteiger partial charge in [-0.2, -0.15) is 13.2 Å². The maximum absolute atomic E-state index is 13.2. The third kappa shape index (κ3) is 4.78. The number of rotatable bonds is 4. The van der Waals surface area contributed by atoms with E-state index in [0.29, 0.717) is 5.69 Å². The Balaban J connectivity index is 1.72. The quantitative estimate of drug-likeness (QED) is 0.652. The van der Waals surface area contributed by atoms with Gasteiger partial charge < -0.3 is 10.6 Å². The number of nitrogens with zero attached hydrogens (tertiary/aromatic N) is 2. The highest BCUT2D eigenvalue weighted by molar-refractivity contribution is 6.03. The molecule has 3 rings (SSSR count). The second-order valence-corrected chi connectivity index (χ2v) is 5.45. The number of anilines is 3. The molecule has 0 aliphatic heterocycles. The van der Waals surface area contributed by atoms with Gasteiger partial charge in [-0.1, -0.05) is 6.07 Å². The second kappa shape index (κ2) is 7.40. The molecular formula is C18H12F4N4O. The summed E-state index contributed by atoms with van der Waals surface area (Å²) in [5.74, 6) is -0.868. The van der Waals surface area contributed by atoms with Crippen molar-refractivity contribution in [1.29, 1.82) is 0 Å². The molecule has 0 saturated carbocycles. The molecule has 0 aliphatic rings. The van der Waals surface area contributed by atoms with Gasteiger partial charge in [-0.3, -0.25) is 4.79 Å². The Kier molecular flexibility index (Phi) is 5.02. The summed E-state index contributed by atoms with van der Waals surface area (Å²) < 4.78 is 50.9. The zero-order valence-corrected chi connectivity index (χ0v) is 13.6. The Bertz CT molecular complexity index is 958. The zero-order valence-electron chi connectivity index (χ0n) is 13.6. The summed E-state index contributed by atoms with van der Waals surface area (Å²) in [5, 5.41) is 5.28. The van der Waals surface area contributed by atoms with Gasteiger partial charge in [0.25, 0.3) is 5.91 Å². The second-order valence-electron chi connectivity index (χ2n) is 5.45. The van der Waals surface area contributed by atoms with Crippen molar-refractivity contribution in [3.63, 3.8) is 0 Å². The van der Waals surface area contributed by atoms with E-state index in [1.165, 1.54) is 36.4 Å². The number of hydrogen-bond acceptors (Lipinski definition) is 4. The molecule has 0 fully saturated rings. The van der Waals surface area contributed by atoms with E-state index >= 15 is 0 Å². The lowest BCUT2D eigenvalue weighted by Gasteiger charge is -2.10. The molecule has 1 amide bonds. The number of halogens is 4. The van der Waals surface area contributed by atoms with Gasteiger partial charge in [-0.15, -0.1) is 0 Å². The Hall–Kier alpha value is -3.49. The van der Waals surface area contributed by atoms with E-state index in [1.807, 2.05) is 0 Å². The zero-order chi connectivity index (χ0) is 19.4. The first-order valence-corrected chi connectivity index (χ1v) is 7.64. The van der Waals surface area contributed by atoms with Crippen LogP contribution in [0.5, 0.6) is 0 Å². The van der Waals surface area contributed by atoms with Gasteiger partial charge in [0.2, 0.25) is 0 Å². The van der Waals surface area contributed by atoms with Crippen LogP contribution in [0.15, 0.2) is 60.9 Å². The van der Waals surface area contributed by atoms with Crippen LogP contribution in [0.3, 0.4) is 0 Å². The number of amides is 1. The third-order valence-corrected chi connectivity index (χ3v) is 3.47. The number of aromatic nitrogens is 2. The first kappa shape index (κ1) is 18.3. The molecule has 0 aliphatic carbocycles. The minimum absolute atomic E-state index is 0.00340. The summed E-state index contributed by atoms with van der Waals surface area (Å²) >= 11 is 0. The number of benzene rings is 2. The van der Waals surface area contributed by atoms with Crippen molar-refractivity contribution in [2.75, 3.05) is 10.6 Å². The standard InChI is InChI=1S/C18H12F4N4O/c19-12-2-1-3-14(8-12)26-17(27)15-9-16(24-10-23-15)25-13-6-4-11(5-7-13)18(20,21)22/h1-10H,(H,26,27)(H,23,24,25). The summed E-state index contributed by atoms with van der Waals surface area (Å²) in [6.07, 6.45) is -3.29. The SMILES string of the molecule is O=C(Nc1cccc(F)c1)c1cc(Nc2ccc(C(F)(F)F)cc2)ncn1. The van der Waals surface area contributed by atoms with Crippen molar-refractivity contribution in [3.8, 4) is 0 Å². The summed E-state index contributed by atoms with van der Waals surface area (Å²) in [5.41, 5.74) is -0.149. The minimum atomic E-state index is -4.42. The summed E-state index contributed by atoms with van der Waals surface area (Å²) in [7, 11) is 0. The summed E-state index contributed by atoms with van der Waals surface area (Å²) in [6.45, 7) is 0. The fourth-order valence-corrected chi connectivity index (χ4v) is 2.20. The number of nitrogens with one attached hydrogen (secondary N) is 2. The van der Waals surface area contributed by atoms with E-state index in [-0.39, 0.29) is 17.2 Å². The molecule has 0 atom stereocenters. The van der Waals surface area contributed by atoms with E-state index < -0.39 is 23.5 Å². The molecule has 1 heterocycles. The number of carbonyl (C=O) groups is 1. The van der Waals surface area contributed by atoms with Gasteiger partial charge in [0.05, 0.1) is 5.56 Å². The number of hydrogen-bond donors (Lipinski definition) is 2. The van der Waals surface area contributed by atoms with Crippen LogP contribution in [0.2, 0.25) is 0 Å². The lowest BCUT2D eigenvalue weighted by atomic mass is 10.2. The van der Waals surface area contributed by atoms with Gasteiger partial charge in [0.1, 0.15) is 23.7 Å². The van der Waals surface area contributed by atoms with E-state index in [2.05, 4.69) is 20.6 Å². The number of carbonyl (C=O) groups excluding carboxylic acids is 1. The fraction of sp³-hybridized carbons (Fsp3) is 0.0556. The van der Waals surface area contributed by atoms with Crippen LogP contribution in [-0.2, 0) is 6.18 Å². The molecule has 27 heavy (non-hydrogen) atoms. The molecule has 0 bridgehead atoms. The van der Waals surface area contributed by atoms with Gasteiger partial charge in [-0.25, -0.2) is 14.4 Å². The average molecular weight is 376 g/mol. The highest BCUT2D eigenvalue weighted by atomic mass is 19.4. The molecule has 2 N–H and O–H groups in total. The lowest BCUT2D eigenvalue weighted by Crippen LogP contribution is -2.14. The van der Waals surface area contributed by atoms with E-state index in [9.17, 15) is 22.4 Å². The third-order valence-electron chi connectivity index (χ3n) is 3.47. The van der Waals surface area contributed by atoms with Gasteiger partial charge in [0, 0.05) is 17.4 Å². The molecule has 0 spiro atoms. The molecule has 9 heteroatoms. The van der Waals surface area contributed by atoms with Crippen LogP contribution in [0, 0.1) is 5.82 Å². The van der Waals surface area contributed by atoms with Gasteiger partial charge in [0.15, 0.2) is 0 Å². The largest absolute Gasteiger partial charge is 0.416 e. The van der Waals surface area contributed by atoms with Crippen molar-refractivity contribution in [2.45, 2.75) is 6.18 Å². The lowest BCUT2D eigenvalue weighted by molar-refractivity contribution is -0.137. The molecule has 1 aromatic heterocycles.